The number of thiazole rings is 1. The molecular formula is C24H18N2O3S2. The van der Waals surface area contributed by atoms with Crippen molar-refractivity contribution in [3.63, 3.8) is 0 Å². The lowest BCUT2D eigenvalue weighted by Crippen LogP contribution is -2.30. The third-order valence-electron chi connectivity index (χ3n) is 5.36. The number of fused-ring (bicyclic) bond motifs is 1. The SMILES string of the molecule is CCc1ccc2nc(N3C(=O)C(O)=C(C(=O)c4ccccc4)C3c3cccs3)sc2c1. The summed E-state index contributed by atoms with van der Waals surface area (Å²) in [5, 5.41) is 13.2. The lowest BCUT2D eigenvalue weighted by Gasteiger charge is -2.23. The Morgan fingerprint density at radius 1 is 1.13 bits per heavy atom. The second-order valence-corrected chi connectivity index (χ2v) is 9.19. The number of aryl methyl sites for hydroxylation is 1. The predicted octanol–water partition coefficient (Wildman–Crippen LogP) is 5.70. The molecule has 5 rings (SSSR count). The monoisotopic (exact) mass is 446 g/mol. The minimum absolute atomic E-state index is 0.0900. The van der Waals surface area contributed by atoms with Crippen LogP contribution in [0.1, 0.15) is 33.8 Å². The van der Waals surface area contributed by atoms with E-state index in [0.717, 1.165) is 21.5 Å². The Morgan fingerprint density at radius 3 is 2.65 bits per heavy atom. The lowest BCUT2D eigenvalue weighted by atomic mass is 9.97. The third kappa shape index (κ3) is 3.26. The van der Waals surface area contributed by atoms with E-state index < -0.39 is 17.7 Å². The minimum atomic E-state index is -0.716. The maximum atomic E-state index is 13.3. The summed E-state index contributed by atoms with van der Waals surface area (Å²) in [4.78, 5) is 33.4. The second-order valence-electron chi connectivity index (χ2n) is 7.20. The van der Waals surface area contributed by atoms with Crippen LogP contribution in [0.5, 0.6) is 0 Å². The number of Topliss-reactive ketones (excluding diaryl/α,β-unsaturated/α-hetero) is 1. The summed E-state index contributed by atoms with van der Waals surface area (Å²) in [5.74, 6) is -1.48. The van der Waals surface area contributed by atoms with Gasteiger partial charge in [0, 0.05) is 10.4 Å². The van der Waals surface area contributed by atoms with Gasteiger partial charge in [-0.1, -0.05) is 60.7 Å². The van der Waals surface area contributed by atoms with Gasteiger partial charge < -0.3 is 5.11 Å². The molecule has 0 aliphatic carbocycles. The first kappa shape index (κ1) is 19.7. The number of benzene rings is 2. The van der Waals surface area contributed by atoms with Gasteiger partial charge in [-0.05, 0) is 35.6 Å². The number of carbonyl (C=O) groups excluding carboxylic acids is 2. The van der Waals surface area contributed by atoms with Gasteiger partial charge in [0.05, 0.1) is 15.8 Å². The molecule has 4 aromatic rings. The van der Waals surface area contributed by atoms with Crippen molar-refractivity contribution in [3.05, 3.63) is 93.4 Å². The Balaban J connectivity index is 1.65. The summed E-state index contributed by atoms with van der Waals surface area (Å²) in [6, 6.07) is 17.8. The van der Waals surface area contributed by atoms with Crippen LogP contribution < -0.4 is 4.90 Å². The van der Waals surface area contributed by atoms with E-state index in [4.69, 9.17) is 0 Å². The summed E-state index contributed by atoms with van der Waals surface area (Å²) in [7, 11) is 0. The summed E-state index contributed by atoms with van der Waals surface area (Å²) >= 11 is 2.83. The second kappa shape index (κ2) is 7.76. The smallest absolute Gasteiger partial charge is 0.296 e. The molecule has 0 saturated carbocycles. The first-order chi connectivity index (χ1) is 15.1. The molecule has 1 aliphatic rings. The van der Waals surface area contributed by atoms with Crippen molar-refractivity contribution in [1.82, 2.24) is 4.98 Å². The van der Waals surface area contributed by atoms with Crippen molar-refractivity contribution in [2.75, 3.05) is 4.90 Å². The molecule has 1 N–H and O–H groups in total. The van der Waals surface area contributed by atoms with E-state index in [0.29, 0.717) is 10.7 Å². The highest BCUT2D eigenvalue weighted by atomic mass is 32.1. The van der Waals surface area contributed by atoms with Gasteiger partial charge in [0.2, 0.25) is 0 Å². The Labute approximate surface area is 186 Å². The third-order valence-corrected chi connectivity index (χ3v) is 7.30. The molecule has 7 heteroatoms. The van der Waals surface area contributed by atoms with Crippen molar-refractivity contribution in [2.45, 2.75) is 19.4 Å². The first-order valence-electron chi connectivity index (χ1n) is 9.87. The van der Waals surface area contributed by atoms with Crippen LogP contribution in [0.25, 0.3) is 10.2 Å². The molecule has 1 atom stereocenters. The zero-order chi connectivity index (χ0) is 21.5. The van der Waals surface area contributed by atoms with Crippen molar-refractivity contribution in [2.24, 2.45) is 0 Å². The number of carbonyl (C=O) groups is 2. The summed E-state index contributed by atoms with van der Waals surface area (Å²) in [6.07, 6.45) is 0.904. The standard InChI is InChI=1S/C24H18N2O3S2/c1-2-14-10-11-16-18(13-14)31-24(25-16)26-20(17-9-6-12-30-17)19(22(28)23(26)29)21(27)15-7-4-3-5-8-15/h3-13,20,28H,2H2,1H3. The number of hydrogen-bond donors (Lipinski definition) is 1. The minimum Gasteiger partial charge on any atom is -0.503 e. The summed E-state index contributed by atoms with van der Waals surface area (Å²) in [5.41, 5.74) is 2.49. The normalized spacial score (nSPS) is 16.5. The predicted molar refractivity (Wildman–Crippen MR) is 124 cm³/mol. The van der Waals surface area contributed by atoms with Crippen molar-refractivity contribution in [3.8, 4) is 0 Å². The zero-order valence-corrected chi connectivity index (χ0v) is 18.2. The van der Waals surface area contributed by atoms with Crippen LogP contribution >= 0.6 is 22.7 Å². The number of amides is 1. The van der Waals surface area contributed by atoms with Gasteiger partial charge in [0.15, 0.2) is 16.7 Å². The Bertz CT molecular complexity index is 1320. The lowest BCUT2D eigenvalue weighted by molar-refractivity contribution is -0.117. The van der Waals surface area contributed by atoms with Crippen molar-refractivity contribution >= 4 is 49.7 Å². The van der Waals surface area contributed by atoms with E-state index in [1.54, 1.807) is 24.3 Å². The Kier molecular flexibility index (Phi) is 4.92. The molecule has 3 heterocycles. The first-order valence-corrected chi connectivity index (χ1v) is 11.6. The molecule has 1 amide bonds. The summed E-state index contributed by atoms with van der Waals surface area (Å²) in [6.45, 7) is 2.09. The van der Waals surface area contributed by atoms with Gasteiger partial charge in [-0.2, -0.15) is 0 Å². The number of rotatable bonds is 5. The van der Waals surface area contributed by atoms with Gasteiger partial charge in [0.25, 0.3) is 5.91 Å². The highest BCUT2D eigenvalue weighted by Crippen LogP contribution is 2.45. The van der Waals surface area contributed by atoms with Crippen molar-refractivity contribution in [1.29, 1.82) is 0 Å². The number of hydrogen-bond acceptors (Lipinski definition) is 6. The Hall–Kier alpha value is -3.29. The average Bonchev–Trinajstić information content (AvgIpc) is 3.52. The number of ketones is 1. The number of thiophene rings is 1. The molecule has 2 aromatic carbocycles. The fourth-order valence-electron chi connectivity index (χ4n) is 3.78. The van der Waals surface area contributed by atoms with Crippen LogP contribution in [0.4, 0.5) is 5.13 Å². The van der Waals surface area contributed by atoms with E-state index in [-0.39, 0.29) is 11.4 Å². The van der Waals surface area contributed by atoms with Gasteiger partial charge >= 0.3 is 0 Å². The molecular weight excluding hydrogens is 428 g/mol. The van der Waals surface area contributed by atoms with Crippen LogP contribution in [-0.4, -0.2) is 21.8 Å². The average molecular weight is 447 g/mol. The molecule has 5 nitrogen and oxygen atoms in total. The molecule has 1 unspecified atom stereocenters. The maximum Gasteiger partial charge on any atom is 0.296 e. The molecule has 2 aromatic heterocycles. The maximum absolute atomic E-state index is 13.3. The van der Waals surface area contributed by atoms with E-state index in [2.05, 4.69) is 18.0 Å². The fraction of sp³-hybridized carbons (Fsp3) is 0.125. The van der Waals surface area contributed by atoms with Crippen LogP contribution in [-0.2, 0) is 11.2 Å². The quantitative estimate of drug-likeness (QED) is 0.399. The van der Waals surface area contributed by atoms with Gasteiger partial charge in [0.1, 0.15) is 6.04 Å². The van der Waals surface area contributed by atoms with E-state index in [9.17, 15) is 14.7 Å². The molecule has 154 valence electrons. The molecule has 0 spiro atoms. The molecule has 0 saturated heterocycles. The number of anilines is 1. The number of nitrogens with zero attached hydrogens (tertiary/aromatic N) is 2. The van der Waals surface area contributed by atoms with Crippen molar-refractivity contribution < 1.29 is 14.7 Å². The van der Waals surface area contributed by atoms with E-state index in [1.165, 1.54) is 33.1 Å². The Morgan fingerprint density at radius 2 is 1.94 bits per heavy atom. The topological polar surface area (TPSA) is 70.5 Å². The number of aromatic nitrogens is 1. The fourth-order valence-corrected chi connectivity index (χ4v) is 5.65. The summed E-state index contributed by atoms with van der Waals surface area (Å²) < 4.78 is 0.967. The van der Waals surface area contributed by atoms with Crippen LogP contribution in [0, 0.1) is 0 Å². The van der Waals surface area contributed by atoms with Crippen LogP contribution in [0.15, 0.2) is 77.4 Å². The zero-order valence-electron chi connectivity index (χ0n) is 16.6. The molecule has 1 aliphatic heterocycles. The molecule has 31 heavy (non-hydrogen) atoms. The van der Waals surface area contributed by atoms with E-state index in [1.807, 2.05) is 35.7 Å². The highest BCUT2D eigenvalue weighted by Gasteiger charge is 2.46. The number of aliphatic hydroxyl groups is 1. The molecule has 0 bridgehead atoms. The molecule has 0 fully saturated rings. The van der Waals surface area contributed by atoms with Gasteiger partial charge in [-0.25, -0.2) is 4.98 Å². The molecule has 0 radical (unpaired) electrons. The van der Waals surface area contributed by atoms with Crippen LogP contribution in [0.3, 0.4) is 0 Å². The largest absolute Gasteiger partial charge is 0.503 e. The van der Waals surface area contributed by atoms with Crippen LogP contribution in [0.2, 0.25) is 0 Å². The highest BCUT2D eigenvalue weighted by molar-refractivity contribution is 7.22. The number of aliphatic hydroxyl groups excluding tert-OH is 1. The van der Waals surface area contributed by atoms with Gasteiger partial charge in [-0.15, -0.1) is 11.3 Å². The van der Waals surface area contributed by atoms with E-state index >= 15 is 0 Å². The van der Waals surface area contributed by atoms with Gasteiger partial charge in [-0.3, -0.25) is 14.5 Å².